The standard InChI is InChI=1S/C43H68N2O6/c1-26(2)36-30(46)22-43(20-21-45(25-27-10-11-27)34(47)24-44-9)19-14-29-28(37(36)43)12-13-32-41(29,7)17-15-31-40(5,6)33(16-18-42(31,32)8)51-35(48)23-39(3,4)38(49)50/h26-29,31-33,44H,10-25H2,1-9H3,(H,49,50). The molecule has 0 saturated heterocycles. The first-order chi connectivity index (χ1) is 23.8. The fourth-order valence-electron chi connectivity index (χ4n) is 13.1. The number of carboxylic acid groups (broad SMARTS) is 1. The number of nitrogens with one attached hydrogen (secondary N) is 1. The number of nitrogens with zero attached hydrogens (tertiary/aromatic N) is 1. The first kappa shape index (κ1) is 38.5. The Bertz CT molecular complexity index is 1440. The minimum atomic E-state index is -1.15. The van der Waals surface area contributed by atoms with E-state index in [1.54, 1.807) is 13.8 Å². The van der Waals surface area contributed by atoms with Gasteiger partial charge in [-0.3, -0.25) is 19.2 Å². The maximum absolute atomic E-state index is 14.0. The highest BCUT2D eigenvalue weighted by molar-refractivity contribution is 6.00. The van der Waals surface area contributed by atoms with Gasteiger partial charge >= 0.3 is 11.9 Å². The largest absolute Gasteiger partial charge is 0.481 e. The van der Waals surface area contributed by atoms with Crippen LogP contribution in [-0.2, 0) is 23.9 Å². The monoisotopic (exact) mass is 709 g/mol. The van der Waals surface area contributed by atoms with Gasteiger partial charge < -0.3 is 20.1 Å². The summed E-state index contributed by atoms with van der Waals surface area (Å²) in [4.78, 5) is 54.1. The Kier molecular flexibility index (Phi) is 10.2. The summed E-state index contributed by atoms with van der Waals surface area (Å²) >= 11 is 0. The molecule has 0 aromatic rings. The number of carbonyl (C=O) groups excluding carboxylic acids is 3. The predicted octanol–water partition coefficient (Wildman–Crippen LogP) is 7.84. The number of carbonyl (C=O) groups is 4. The molecular weight excluding hydrogens is 640 g/mol. The van der Waals surface area contributed by atoms with Crippen molar-refractivity contribution in [3.63, 3.8) is 0 Å². The molecule has 0 aliphatic heterocycles. The minimum absolute atomic E-state index is 0.121. The lowest BCUT2D eigenvalue weighted by molar-refractivity contribution is -0.214. The second-order valence-electron chi connectivity index (χ2n) is 20.1. The van der Waals surface area contributed by atoms with Gasteiger partial charge in [0, 0.05) is 30.3 Å². The minimum Gasteiger partial charge on any atom is -0.481 e. The molecule has 0 radical (unpaired) electrons. The Balaban J connectivity index is 1.24. The summed E-state index contributed by atoms with van der Waals surface area (Å²) in [6.07, 6.45) is 12.2. The predicted molar refractivity (Wildman–Crippen MR) is 199 cm³/mol. The number of hydrogen-bond acceptors (Lipinski definition) is 6. The van der Waals surface area contributed by atoms with E-state index in [0.29, 0.717) is 48.3 Å². The fourth-order valence-corrected chi connectivity index (χ4v) is 13.1. The van der Waals surface area contributed by atoms with Crippen molar-refractivity contribution in [3.05, 3.63) is 11.1 Å². The van der Waals surface area contributed by atoms with E-state index in [0.717, 1.165) is 76.5 Å². The number of hydrogen-bond donors (Lipinski definition) is 2. The lowest BCUT2D eigenvalue weighted by atomic mass is 9.36. The molecule has 0 aromatic carbocycles. The van der Waals surface area contributed by atoms with E-state index in [1.165, 1.54) is 18.4 Å². The summed E-state index contributed by atoms with van der Waals surface area (Å²) in [5.41, 5.74) is 1.43. The van der Waals surface area contributed by atoms with Crippen LogP contribution in [0.5, 0.6) is 0 Å². The summed E-state index contributed by atoms with van der Waals surface area (Å²) in [7, 11) is 1.84. The number of Topliss-reactive ketones (excluding diaryl/α,β-unsaturated/α-hetero) is 1. The Morgan fingerprint density at radius 2 is 1.63 bits per heavy atom. The average Bonchev–Trinajstić information content (AvgIpc) is 3.79. The van der Waals surface area contributed by atoms with Gasteiger partial charge in [-0.1, -0.05) is 47.1 Å². The molecule has 1 amide bonds. The highest BCUT2D eigenvalue weighted by Gasteiger charge is 2.66. The molecule has 0 spiro atoms. The zero-order chi connectivity index (χ0) is 37.3. The van der Waals surface area contributed by atoms with Gasteiger partial charge in [-0.15, -0.1) is 0 Å². The quantitative estimate of drug-likeness (QED) is 0.199. The lowest BCUT2D eigenvalue weighted by Gasteiger charge is -2.69. The molecule has 51 heavy (non-hydrogen) atoms. The Morgan fingerprint density at radius 3 is 2.25 bits per heavy atom. The van der Waals surface area contributed by atoms with Gasteiger partial charge in [0.2, 0.25) is 5.91 Å². The van der Waals surface area contributed by atoms with Crippen LogP contribution in [0, 0.1) is 62.6 Å². The smallest absolute Gasteiger partial charge is 0.309 e. The number of aliphatic carboxylic acids is 1. The van der Waals surface area contributed by atoms with Crippen LogP contribution in [0.3, 0.4) is 0 Å². The average molecular weight is 709 g/mol. The first-order valence-electron chi connectivity index (χ1n) is 20.4. The van der Waals surface area contributed by atoms with E-state index < -0.39 is 17.4 Å². The molecule has 0 aromatic heterocycles. The van der Waals surface area contributed by atoms with Crippen molar-refractivity contribution < 1.29 is 29.0 Å². The zero-order valence-corrected chi connectivity index (χ0v) is 33.3. The van der Waals surface area contributed by atoms with E-state index in [-0.39, 0.29) is 46.0 Å². The summed E-state index contributed by atoms with van der Waals surface area (Å²) < 4.78 is 6.16. The van der Waals surface area contributed by atoms with Gasteiger partial charge in [-0.05, 0) is 143 Å². The van der Waals surface area contributed by atoms with Crippen LogP contribution < -0.4 is 5.32 Å². The summed E-state index contributed by atoms with van der Waals surface area (Å²) in [6, 6.07) is 0. The van der Waals surface area contributed by atoms with Crippen molar-refractivity contribution in [1.29, 1.82) is 0 Å². The number of ether oxygens (including phenoxy) is 1. The van der Waals surface area contributed by atoms with Crippen molar-refractivity contribution in [3.8, 4) is 0 Å². The normalized spacial score (nSPS) is 37.3. The van der Waals surface area contributed by atoms with E-state index in [4.69, 9.17) is 4.74 Å². The number of esters is 1. The Hall–Kier alpha value is -2.22. The highest BCUT2D eigenvalue weighted by Crippen LogP contribution is 2.73. The van der Waals surface area contributed by atoms with Crippen molar-refractivity contribution in [2.45, 2.75) is 145 Å². The molecule has 8 atom stereocenters. The molecule has 2 N–H and O–H groups in total. The molecule has 8 unspecified atom stereocenters. The number of amides is 1. The number of carboxylic acids is 1. The molecule has 6 aliphatic rings. The lowest BCUT2D eigenvalue weighted by Crippen LogP contribution is -2.63. The van der Waals surface area contributed by atoms with Gasteiger partial charge in [0.05, 0.1) is 18.4 Å². The van der Waals surface area contributed by atoms with E-state index >= 15 is 0 Å². The van der Waals surface area contributed by atoms with Gasteiger partial charge in [0.15, 0.2) is 5.78 Å². The SMILES string of the molecule is CNCC(=O)N(CCC12CCC3C(CCC4C3(C)CCC3C(C)(C)C(OC(=O)CC(C)(C)C(=O)O)CCC34C)C1=C(C(C)C)C(=O)C2)CC1CC1. The van der Waals surface area contributed by atoms with Crippen molar-refractivity contribution in [2.75, 3.05) is 26.7 Å². The number of ketones is 1. The number of allylic oxidation sites excluding steroid dienone is 2. The molecule has 0 heterocycles. The summed E-state index contributed by atoms with van der Waals surface area (Å²) in [5.74, 6) is 1.94. The Morgan fingerprint density at radius 1 is 0.941 bits per heavy atom. The van der Waals surface area contributed by atoms with Gasteiger partial charge in [-0.25, -0.2) is 0 Å². The maximum atomic E-state index is 14.0. The topological polar surface area (TPSA) is 113 Å². The molecule has 5 saturated carbocycles. The van der Waals surface area contributed by atoms with Crippen LogP contribution in [0.25, 0.3) is 0 Å². The molecule has 286 valence electrons. The summed E-state index contributed by atoms with van der Waals surface area (Å²) in [5, 5.41) is 12.7. The third-order valence-electron chi connectivity index (χ3n) is 15.8. The first-order valence-corrected chi connectivity index (χ1v) is 20.4. The fraction of sp³-hybridized carbons (Fsp3) is 0.860. The Labute approximate surface area is 307 Å². The van der Waals surface area contributed by atoms with Crippen molar-refractivity contribution >= 4 is 23.6 Å². The molecule has 6 aliphatic carbocycles. The highest BCUT2D eigenvalue weighted by atomic mass is 16.5. The number of likely N-dealkylation sites (N-methyl/N-ethyl adjacent to an activating group) is 1. The molecule has 8 heteroatoms. The van der Waals surface area contributed by atoms with Crippen molar-refractivity contribution in [1.82, 2.24) is 10.2 Å². The number of fused-ring (bicyclic) bond motifs is 7. The van der Waals surface area contributed by atoms with Crippen LogP contribution in [0.1, 0.15) is 139 Å². The van der Waals surface area contributed by atoms with Gasteiger partial charge in [-0.2, -0.15) is 0 Å². The second kappa shape index (κ2) is 13.6. The summed E-state index contributed by atoms with van der Waals surface area (Å²) in [6.45, 7) is 19.3. The van der Waals surface area contributed by atoms with Crippen LogP contribution in [0.2, 0.25) is 0 Å². The van der Waals surface area contributed by atoms with E-state index in [9.17, 15) is 24.3 Å². The third kappa shape index (κ3) is 6.64. The molecule has 0 bridgehead atoms. The van der Waals surface area contributed by atoms with Crippen LogP contribution in [0.4, 0.5) is 0 Å². The van der Waals surface area contributed by atoms with Gasteiger partial charge in [0.1, 0.15) is 6.10 Å². The third-order valence-corrected chi connectivity index (χ3v) is 15.8. The van der Waals surface area contributed by atoms with Crippen LogP contribution in [0.15, 0.2) is 11.1 Å². The van der Waals surface area contributed by atoms with Crippen LogP contribution in [-0.4, -0.2) is 66.4 Å². The van der Waals surface area contributed by atoms with Gasteiger partial charge in [0.25, 0.3) is 0 Å². The zero-order valence-electron chi connectivity index (χ0n) is 33.3. The van der Waals surface area contributed by atoms with Crippen LogP contribution >= 0.6 is 0 Å². The molecule has 6 rings (SSSR count). The second-order valence-corrected chi connectivity index (χ2v) is 20.1. The maximum Gasteiger partial charge on any atom is 0.309 e. The molecule has 5 fully saturated rings. The number of rotatable bonds is 12. The molecule has 8 nitrogen and oxygen atoms in total. The molecular formula is C43H68N2O6. The van der Waals surface area contributed by atoms with Crippen molar-refractivity contribution in [2.24, 2.45) is 62.6 Å². The van der Waals surface area contributed by atoms with E-state index in [1.807, 2.05) is 7.05 Å². The van der Waals surface area contributed by atoms with E-state index in [2.05, 4.69) is 51.8 Å².